The van der Waals surface area contributed by atoms with Crippen molar-refractivity contribution in [2.45, 2.75) is 39.0 Å². The van der Waals surface area contributed by atoms with Crippen molar-refractivity contribution in [1.29, 1.82) is 0 Å². The van der Waals surface area contributed by atoms with E-state index in [0.717, 1.165) is 17.5 Å². The topological polar surface area (TPSA) is 17.1 Å². The minimum atomic E-state index is 0.162. The fourth-order valence-corrected chi connectivity index (χ4v) is 2.29. The van der Waals surface area contributed by atoms with Gasteiger partial charge in [-0.1, -0.05) is 32.0 Å². The summed E-state index contributed by atoms with van der Waals surface area (Å²) in [6.07, 6.45) is 1.67. The average Bonchev–Trinajstić information content (AvgIpc) is 2.12. The van der Waals surface area contributed by atoms with Crippen LogP contribution in [0.2, 0.25) is 0 Å². The maximum absolute atomic E-state index is 11.8. The second-order valence-electron chi connectivity index (χ2n) is 4.80. The number of rotatable bonds is 0. The molecule has 0 N–H and O–H groups in total. The Kier molecular flexibility index (Phi) is 1.99. The van der Waals surface area contributed by atoms with Gasteiger partial charge in [-0.3, -0.25) is 4.79 Å². The Morgan fingerprint density at radius 1 is 1.29 bits per heavy atom. The van der Waals surface area contributed by atoms with E-state index in [-0.39, 0.29) is 5.41 Å². The number of benzene rings is 1. The number of Topliss-reactive ketones (excluding diaryl/α,β-unsaturated/α-hetero) is 1. The highest BCUT2D eigenvalue weighted by Gasteiger charge is 2.32. The summed E-state index contributed by atoms with van der Waals surface area (Å²) in [6.45, 7) is 6.47. The highest BCUT2D eigenvalue weighted by Crippen LogP contribution is 2.37. The van der Waals surface area contributed by atoms with Crippen LogP contribution in [-0.2, 0) is 5.41 Å². The van der Waals surface area contributed by atoms with Crippen LogP contribution < -0.4 is 0 Å². The third kappa shape index (κ3) is 1.28. The average molecular weight is 188 g/mol. The first-order valence-corrected chi connectivity index (χ1v) is 5.16. The molecule has 74 valence electrons. The maximum atomic E-state index is 11.8. The normalized spacial score (nSPS) is 19.2. The Balaban J connectivity index is 2.69. The molecule has 0 amide bonds. The van der Waals surface area contributed by atoms with Gasteiger partial charge in [-0.05, 0) is 29.9 Å². The fourth-order valence-electron chi connectivity index (χ4n) is 2.29. The summed E-state index contributed by atoms with van der Waals surface area (Å²) < 4.78 is 0. The highest BCUT2D eigenvalue weighted by atomic mass is 16.1. The van der Waals surface area contributed by atoms with E-state index in [1.165, 1.54) is 5.56 Å². The van der Waals surface area contributed by atoms with E-state index in [9.17, 15) is 4.79 Å². The smallest absolute Gasteiger partial charge is 0.163 e. The van der Waals surface area contributed by atoms with Crippen molar-refractivity contribution >= 4 is 5.78 Å². The molecular weight excluding hydrogens is 172 g/mol. The fraction of sp³-hybridized carbons (Fsp3) is 0.462. The molecule has 0 unspecified atom stereocenters. The van der Waals surface area contributed by atoms with Gasteiger partial charge in [0, 0.05) is 12.0 Å². The highest BCUT2D eigenvalue weighted by molar-refractivity contribution is 6.00. The molecule has 1 heteroatoms. The predicted octanol–water partition coefficient (Wildman–Crippen LogP) is 3.25. The van der Waals surface area contributed by atoms with Crippen molar-refractivity contribution in [2.24, 2.45) is 0 Å². The number of ketones is 1. The van der Waals surface area contributed by atoms with E-state index in [1.807, 2.05) is 13.0 Å². The van der Waals surface area contributed by atoms with Gasteiger partial charge in [0.1, 0.15) is 0 Å². The first kappa shape index (κ1) is 9.45. The van der Waals surface area contributed by atoms with Gasteiger partial charge < -0.3 is 0 Å². The van der Waals surface area contributed by atoms with Crippen LogP contribution in [0.15, 0.2) is 18.2 Å². The molecule has 1 aliphatic rings. The first-order chi connectivity index (χ1) is 6.52. The van der Waals surface area contributed by atoms with E-state index in [4.69, 9.17) is 0 Å². The molecule has 1 nitrogen and oxygen atoms in total. The molecule has 14 heavy (non-hydrogen) atoms. The van der Waals surface area contributed by atoms with Gasteiger partial charge in [-0.2, -0.15) is 0 Å². The zero-order valence-electron chi connectivity index (χ0n) is 9.05. The van der Waals surface area contributed by atoms with Crippen molar-refractivity contribution < 1.29 is 4.79 Å². The number of carbonyl (C=O) groups is 1. The minimum absolute atomic E-state index is 0.162. The van der Waals surface area contributed by atoms with E-state index >= 15 is 0 Å². The van der Waals surface area contributed by atoms with Crippen LogP contribution in [0.3, 0.4) is 0 Å². The van der Waals surface area contributed by atoms with Crippen molar-refractivity contribution in [3.05, 3.63) is 34.9 Å². The lowest BCUT2D eigenvalue weighted by atomic mass is 9.71. The van der Waals surface area contributed by atoms with Crippen LogP contribution >= 0.6 is 0 Å². The van der Waals surface area contributed by atoms with Crippen molar-refractivity contribution in [3.8, 4) is 0 Å². The van der Waals surface area contributed by atoms with Crippen LogP contribution in [-0.4, -0.2) is 5.78 Å². The lowest BCUT2D eigenvalue weighted by molar-refractivity contribution is 0.0956. The van der Waals surface area contributed by atoms with Gasteiger partial charge in [-0.25, -0.2) is 0 Å². The minimum Gasteiger partial charge on any atom is -0.294 e. The van der Waals surface area contributed by atoms with Gasteiger partial charge >= 0.3 is 0 Å². The molecular formula is C13H16O. The van der Waals surface area contributed by atoms with Crippen LogP contribution in [0, 0.1) is 6.92 Å². The second-order valence-corrected chi connectivity index (χ2v) is 4.80. The summed E-state index contributed by atoms with van der Waals surface area (Å²) in [5.74, 6) is 0.317. The SMILES string of the molecule is Cc1cccc2c1C(=O)CCC2(C)C. The Morgan fingerprint density at radius 3 is 2.64 bits per heavy atom. The van der Waals surface area contributed by atoms with Crippen molar-refractivity contribution in [2.75, 3.05) is 0 Å². The Morgan fingerprint density at radius 2 is 2.00 bits per heavy atom. The Hall–Kier alpha value is -1.11. The van der Waals surface area contributed by atoms with Gasteiger partial charge in [0.05, 0.1) is 0 Å². The molecule has 0 heterocycles. The van der Waals surface area contributed by atoms with Crippen molar-refractivity contribution in [1.82, 2.24) is 0 Å². The largest absolute Gasteiger partial charge is 0.294 e. The molecule has 1 aromatic rings. The first-order valence-electron chi connectivity index (χ1n) is 5.16. The van der Waals surface area contributed by atoms with Gasteiger partial charge in [0.15, 0.2) is 5.78 Å². The van der Waals surface area contributed by atoms with E-state index in [0.29, 0.717) is 12.2 Å². The molecule has 1 aliphatic carbocycles. The number of aryl methyl sites for hydroxylation is 1. The van der Waals surface area contributed by atoms with E-state index < -0.39 is 0 Å². The zero-order chi connectivity index (χ0) is 10.3. The second kappa shape index (κ2) is 2.94. The summed E-state index contributed by atoms with van der Waals surface area (Å²) in [6, 6.07) is 6.17. The van der Waals surface area contributed by atoms with Crippen LogP contribution in [0.1, 0.15) is 48.2 Å². The number of hydrogen-bond acceptors (Lipinski definition) is 1. The quantitative estimate of drug-likeness (QED) is 0.610. The summed E-state index contributed by atoms with van der Waals surface area (Å²) >= 11 is 0. The van der Waals surface area contributed by atoms with Crippen LogP contribution in [0.25, 0.3) is 0 Å². The molecule has 0 atom stereocenters. The summed E-state index contributed by atoms with van der Waals surface area (Å²) in [5.41, 5.74) is 3.49. The zero-order valence-corrected chi connectivity index (χ0v) is 9.05. The molecule has 0 aliphatic heterocycles. The van der Waals surface area contributed by atoms with Crippen molar-refractivity contribution in [3.63, 3.8) is 0 Å². The standard InChI is InChI=1S/C13H16O/c1-9-5-4-6-10-12(9)11(14)7-8-13(10,2)3/h4-6H,7-8H2,1-3H3. The number of carbonyl (C=O) groups excluding carboxylic acids is 1. The summed E-state index contributed by atoms with van der Waals surface area (Å²) in [4.78, 5) is 11.8. The monoisotopic (exact) mass is 188 g/mol. The van der Waals surface area contributed by atoms with E-state index in [2.05, 4.69) is 26.0 Å². The van der Waals surface area contributed by atoms with Gasteiger partial charge in [0.2, 0.25) is 0 Å². The Labute approximate surface area is 85.1 Å². The van der Waals surface area contributed by atoms with Gasteiger partial charge in [-0.15, -0.1) is 0 Å². The molecule has 0 radical (unpaired) electrons. The molecule has 0 aromatic heterocycles. The molecule has 0 saturated heterocycles. The van der Waals surface area contributed by atoms with Gasteiger partial charge in [0.25, 0.3) is 0 Å². The lowest BCUT2D eigenvalue weighted by Gasteiger charge is -2.32. The molecule has 0 fully saturated rings. The number of hydrogen-bond donors (Lipinski definition) is 0. The Bertz CT molecular complexity index is 388. The maximum Gasteiger partial charge on any atom is 0.163 e. The molecule has 0 bridgehead atoms. The third-order valence-electron chi connectivity index (χ3n) is 3.26. The predicted molar refractivity (Wildman–Crippen MR) is 57.8 cm³/mol. The number of fused-ring (bicyclic) bond motifs is 1. The molecule has 0 spiro atoms. The third-order valence-corrected chi connectivity index (χ3v) is 3.26. The van der Waals surface area contributed by atoms with Crippen LogP contribution in [0.5, 0.6) is 0 Å². The van der Waals surface area contributed by atoms with Crippen LogP contribution in [0.4, 0.5) is 0 Å². The summed E-state index contributed by atoms with van der Waals surface area (Å²) in [5, 5.41) is 0. The summed E-state index contributed by atoms with van der Waals surface area (Å²) in [7, 11) is 0. The molecule has 1 aromatic carbocycles. The molecule has 0 saturated carbocycles. The lowest BCUT2D eigenvalue weighted by Crippen LogP contribution is -2.27. The van der Waals surface area contributed by atoms with E-state index in [1.54, 1.807) is 0 Å². The molecule has 2 rings (SSSR count).